The van der Waals surface area contributed by atoms with E-state index in [0.717, 1.165) is 5.56 Å². The Morgan fingerprint density at radius 3 is 2.15 bits per heavy atom. The van der Waals surface area contributed by atoms with Crippen molar-refractivity contribution in [3.63, 3.8) is 0 Å². The van der Waals surface area contributed by atoms with E-state index in [4.69, 9.17) is 4.74 Å². The van der Waals surface area contributed by atoms with Gasteiger partial charge in [-0.3, -0.25) is 0 Å². The summed E-state index contributed by atoms with van der Waals surface area (Å²) in [4.78, 5) is 11.3. The van der Waals surface area contributed by atoms with Crippen molar-refractivity contribution in [2.75, 3.05) is 0 Å². The number of carbonyl (C=O) groups is 1. The molecule has 0 heterocycles. The number of carbonyl (C=O) groups excluding carboxylic acids is 1. The Hall–Kier alpha value is -2.29. The van der Waals surface area contributed by atoms with Crippen LogP contribution in [0.3, 0.4) is 0 Å². The van der Waals surface area contributed by atoms with Crippen LogP contribution in [-0.4, -0.2) is 12.1 Å². The van der Waals surface area contributed by atoms with Gasteiger partial charge in [0.05, 0.1) is 0 Å². The third-order valence-electron chi connectivity index (χ3n) is 3.23. The van der Waals surface area contributed by atoms with Gasteiger partial charge in [0.25, 0.3) is 0 Å². The highest BCUT2D eigenvalue weighted by atomic mass is 16.5. The number of benzene rings is 2. The van der Waals surface area contributed by atoms with Crippen LogP contribution < -0.4 is 9.84 Å². The molecular weight excluding hydrogens is 252 g/mol. The molecule has 0 saturated carbocycles. The third kappa shape index (κ3) is 3.85. The number of para-hydroxylation sites is 1. The van der Waals surface area contributed by atoms with Crippen molar-refractivity contribution in [2.45, 2.75) is 19.4 Å². The van der Waals surface area contributed by atoms with E-state index in [1.807, 2.05) is 60.7 Å². The molecule has 2 aromatic carbocycles. The lowest BCUT2D eigenvalue weighted by molar-refractivity contribution is -0.313. The van der Waals surface area contributed by atoms with E-state index in [0.29, 0.717) is 12.2 Å². The largest absolute Gasteiger partial charge is 0.550 e. The molecule has 104 valence electrons. The molecule has 0 aliphatic carbocycles. The summed E-state index contributed by atoms with van der Waals surface area (Å²) in [6, 6.07) is 18.7. The topological polar surface area (TPSA) is 49.4 Å². The first-order chi connectivity index (χ1) is 9.66. The smallest absolute Gasteiger partial charge is 0.119 e. The van der Waals surface area contributed by atoms with Crippen LogP contribution in [0.5, 0.6) is 5.75 Å². The van der Waals surface area contributed by atoms with E-state index in [1.165, 1.54) is 0 Å². The molecule has 2 aromatic rings. The van der Waals surface area contributed by atoms with Crippen LogP contribution in [0.4, 0.5) is 0 Å². The van der Waals surface area contributed by atoms with Gasteiger partial charge in [-0.2, -0.15) is 0 Å². The molecule has 0 saturated heterocycles. The molecule has 3 nitrogen and oxygen atoms in total. The third-order valence-corrected chi connectivity index (χ3v) is 3.23. The van der Waals surface area contributed by atoms with Crippen LogP contribution in [0.2, 0.25) is 0 Å². The molecule has 0 aliphatic rings. The average Bonchev–Trinajstić information content (AvgIpc) is 2.46. The maximum Gasteiger partial charge on any atom is 0.119 e. The highest BCUT2D eigenvalue weighted by molar-refractivity contribution is 5.69. The van der Waals surface area contributed by atoms with Gasteiger partial charge < -0.3 is 14.6 Å². The standard InChI is InChI=1S/C17H18O3/c1-13(20-15-10-6-3-7-11-15)16(17(18)19)12-14-8-4-2-5-9-14/h2-11,13,16H,12H2,1H3,(H,18,19)/p-1. The summed E-state index contributed by atoms with van der Waals surface area (Å²) in [6.07, 6.45) is -0.0559. The van der Waals surface area contributed by atoms with E-state index < -0.39 is 18.0 Å². The predicted octanol–water partition coefficient (Wildman–Crippen LogP) is 2.06. The highest BCUT2D eigenvalue weighted by Gasteiger charge is 2.20. The zero-order chi connectivity index (χ0) is 14.4. The maximum absolute atomic E-state index is 11.3. The zero-order valence-electron chi connectivity index (χ0n) is 11.4. The molecule has 0 bridgehead atoms. The lowest BCUT2D eigenvalue weighted by Crippen LogP contribution is -2.41. The lowest BCUT2D eigenvalue weighted by Gasteiger charge is -2.26. The van der Waals surface area contributed by atoms with Gasteiger partial charge in [0.15, 0.2) is 0 Å². The van der Waals surface area contributed by atoms with E-state index in [-0.39, 0.29) is 0 Å². The molecule has 0 spiro atoms. The second-order valence-electron chi connectivity index (χ2n) is 4.75. The van der Waals surface area contributed by atoms with Crippen LogP contribution in [0.15, 0.2) is 60.7 Å². The first kappa shape index (κ1) is 14.1. The summed E-state index contributed by atoms with van der Waals surface area (Å²) in [5.41, 5.74) is 0.963. The monoisotopic (exact) mass is 269 g/mol. The molecule has 0 amide bonds. The summed E-state index contributed by atoms with van der Waals surface area (Å²) >= 11 is 0. The van der Waals surface area contributed by atoms with Crippen molar-refractivity contribution in [2.24, 2.45) is 5.92 Å². The summed E-state index contributed by atoms with van der Waals surface area (Å²) in [5, 5.41) is 11.3. The molecule has 2 atom stereocenters. The van der Waals surface area contributed by atoms with Gasteiger partial charge in [0.1, 0.15) is 11.9 Å². The Balaban J connectivity index is 2.06. The Morgan fingerprint density at radius 1 is 1.05 bits per heavy atom. The normalized spacial score (nSPS) is 13.4. The van der Waals surface area contributed by atoms with Gasteiger partial charge >= 0.3 is 0 Å². The van der Waals surface area contributed by atoms with Crippen LogP contribution in [0.1, 0.15) is 12.5 Å². The van der Waals surface area contributed by atoms with E-state index in [9.17, 15) is 9.90 Å². The maximum atomic E-state index is 11.3. The minimum atomic E-state index is -1.09. The van der Waals surface area contributed by atoms with E-state index in [2.05, 4.69) is 0 Å². The molecule has 0 aliphatic heterocycles. The molecule has 0 fully saturated rings. The van der Waals surface area contributed by atoms with Gasteiger partial charge in [0.2, 0.25) is 0 Å². The Bertz CT molecular complexity index is 537. The van der Waals surface area contributed by atoms with Gasteiger partial charge in [-0.25, -0.2) is 0 Å². The second-order valence-corrected chi connectivity index (χ2v) is 4.75. The van der Waals surface area contributed by atoms with Crippen molar-refractivity contribution in [3.8, 4) is 5.75 Å². The first-order valence-corrected chi connectivity index (χ1v) is 6.63. The number of aliphatic carboxylic acids is 1. The van der Waals surface area contributed by atoms with Gasteiger partial charge in [-0.1, -0.05) is 48.5 Å². The number of hydrogen-bond donors (Lipinski definition) is 0. The number of hydrogen-bond acceptors (Lipinski definition) is 3. The van der Waals surface area contributed by atoms with Gasteiger partial charge in [-0.15, -0.1) is 0 Å². The molecule has 0 radical (unpaired) electrons. The molecule has 20 heavy (non-hydrogen) atoms. The molecule has 0 aromatic heterocycles. The number of carboxylic acids is 1. The SMILES string of the molecule is CC(Oc1ccccc1)C(Cc1ccccc1)C(=O)[O-]. The van der Waals surface area contributed by atoms with Crippen molar-refractivity contribution in [3.05, 3.63) is 66.2 Å². The average molecular weight is 269 g/mol. The quantitative estimate of drug-likeness (QED) is 0.806. The van der Waals surface area contributed by atoms with E-state index in [1.54, 1.807) is 6.92 Å². The van der Waals surface area contributed by atoms with Crippen molar-refractivity contribution >= 4 is 5.97 Å². The minimum absolute atomic E-state index is 0.400. The molecule has 3 heteroatoms. The fourth-order valence-corrected chi connectivity index (χ4v) is 2.10. The molecule has 2 unspecified atom stereocenters. The summed E-state index contributed by atoms with van der Waals surface area (Å²) in [5.74, 6) is -1.10. The highest BCUT2D eigenvalue weighted by Crippen LogP contribution is 2.18. The first-order valence-electron chi connectivity index (χ1n) is 6.63. The van der Waals surface area contributed by atoms with Crippen molar-refractivity contribution < 1.29 is 14.6 Å². The minimum Gasteiger partial charge on any atom is -0.550 e. The Morgan fingerprint density at radius 2 is 1.60 bits per heavy atom. The summed E-state index contributed by atoms with van der Waals surface area (Å²) < 4.78 is 5.69. The van der Waals surface area contributed by atoms with Crippen LogP contribution in [-0.2, 0) is 11.2 Å². The second kappa shape index (κ2) is 6.75. The van der Waals surface area contributed by atoms with Crippen molar-refractivity contribution in [1.82, 2.24) is 0 Å². The van der Waals surface area contributed by atoms with Crippen LogP contribution >= 0.6 is 0 Å². The van der Waals surface area contributed by atoms with Crippen LogP contribution in [0, 0.1) is 5.92 Å². The molecule has 2 rings (SSSR count). The van der Waals surface area contributed by atoms with Crippen molar-refractivity contribution in [1.29, 1.82) is 0 Å². The van der Waals surface area contributed by atoms with E-state index >= 15 is 0 Å². The number of rotatable bonds is 6. The molecular formula is C17H17O3-. The predicted molar refractivity (Wildman–Crippen MR) is 75.2 cm³/mol. The lowest BCUT2D eigenvalue weighted by atomic mass is 9.95. The fraction of sp³-hybridized carbons (Fsp3) is 0.235. The Kier molecular flexibility index (Phi) is 4.77. The van der Waals surface area contributed by atoms with Crippen LogP contribution in [0.25, 0.3) is 0 Å². The van der Waals surface area contributed by atoms with Gasteiger partial charge in [0, 0.05) is 11.9 Å². The summed E-state index contributed by atoms with van der Waals surface area (Å²) in [6.45, 7) is 1.76. The fourth-order valence-electron chi connectivity index (χ4n) is 2.10. The Labute approximate surface area is 118 Å². The number of ether oxygens (including phenoxy) is 1. The molecule has 0 N–H and O–H groups in total. The van der Waals surface area contributed by atoms with Gasteiger partial charge in [-0.05, 0) is 31.0 Å². The number of carboxylic acid groups (broad SMARTS) is 1. The zero-order valence-corrected chi connectivity index (χ0v) is 11.4. The summed E-state index contributed by atoms with van der Waals surface area (Å²) in [7, 11) is 0.